The van der Waals surface area contributed by atoms with Gasteiger partial charge in [-0.15, -0.1) is 0 Å². The highest BCUT2D eigenvalue weighted by Gasteiger charge is 2.25. The number of para-hydroxylation sites is 2. The molecule has 1 aliphatic rings. The smallest absolute Gasteiger partial charge is 0.292 e. The van der Waals surface area contributed by atoms with Crippen molar-refractivity contribution >= 4 is 22.7 Å². The van der Waals surface area contributed by atoms with Crippen molar-refractivity contribution in [3.8, 4) is 5.69 Å². The van der Waals surface area contributed by atoms with Gasteiger partial charge in [-0.1, -0.05) is 36.4 Å². The van der Waals surface area contributed by atoms with Crippen LogP contribution in [0.1, 0.15) is 28.2 Å². The van der Waals surface area contributed by atoms with Gasteiger partial charge in [-0.05, 0) is 43.5 Å². The third kappa shape index (κ3) is 2.40. The van der Waals surface area contributed by atoms with Gasteiger partial charge in [0.15, 0.2) is 5.76 Å². The van der Waals surface area contributed by atoms with E-state index in [1.54, 1.807) is 6.07 Å². The fraction of sp³-hybridized carbons (Fsp3) is 0.143. The van der Waals surface area contributed by atoms with E-state index >= 15 is 0 Å². The highest BCUT2D eigenvalue weighted by molar-refractivity contribution is 6.04. The number of carbonyl (C=O) groups excluding carboxylic acids is 1. The molecule has 0 unspecified atom stereocenters. The first-order valence-corrected chi connectivity index (χ1v) is 8.76. The van der Waals surface area contributed by atoms with Gasteiger partial charge < -0.3 is 9.73 Å². The van der Waals surface area contributed by atoms with Crippen LogP contribution in [0.15, 0.2) is 65.1 Å². The third-order valence-corrected chi connectivity index (χ3v) is 4.79. The zero-order chi connectivity index (χ0) is 17.5. The fourth-order valence-electron chi connectivity index (χ4n) is 3.54. The van der Waals surface area contributed by atoms with Crippen molar-refractivity contribution in [1.29, 1.82) is 0 Å². The number of aryl methyl sites for hydroxylation is 1. The lowest BCUT2D eigenvalue weighted by Crippen LogP contribution is -2.15. The van der Waals surface area contributed by atoms with E-state index in [1.807, 2.05) is 59.3 Å². The van der Waals surface area contributed by atoms with Crippen LogP contribution in [0.5, 0.6) is 0 Å². The van der Waals surface area contributed by atoms with E-state index in [1.165, 1.54) is 0 Å². The first-order chi connectivity index (χ1) is 12.8. The Balaban J connectivity index is 1.54. The quantitative estimate of drug-likeness (QED) is 0.601. The first kappa shape index (κ1) is 15.0. The zero-order valence-electron chi connectivity index (χ0n) is 14.1. The average molecular weight is 343 g/mol. The number of nitrogens with one attached hydrogen (secondary N) is 1. The maximum Gasteiger partial charge on any atom is 0.292 e. The second-order valence-electron chi connectivity index (χ2n) is 6.48. The van der Waals surface area contributed by atoms with Crippen molar-refractivity contribution in [2.24, 2.45) is 0 Å². The maximum absolute atomic E-state index is 12.8. The Morgan fingerprint density at radius 2 is 1.85 bits per heavy atom. The van der Waals surface area contributed by atoms with Gasteiger partial charge >= 0.3 is 0 Å². The molecule has 0 spiro atoms. The molecule has 0 radical (unpaired) electrons. The van der Waals surface area contributed by atoms with Crippen molar-refractivity contribution < 1.29 is 9.21 Å². The summed E-state index contributed by atoms with van der Waals surface area (Å²) in [4.78, 5) is 12.8. The third-order valence-electron chi connectivity index (χ3n) is 4.79. The van der Waals surface area contributed by atoms with Gasteiger partial charge in [-0.3, -0.25) is 4.79 Å². The predicted molar refractivity (Wildman–Crippen MR) is 99.8 cm³/mol. The lowest BCUT2D eigenvalue weighted by molar-refractivity contribution is 0.0998. The molecule has 5 rings (SSSR count). The number of anilines is 1. The molecule has 2 aromatic carbocycles. The number of fused-ring (bicyclic) bond motifs is 2. The molecule has 0 fully saturated rings. The lowest BCUT2D eigenvalue weighted by atomic mass is 10.2. The highest BCUT2D eigenvalue weighted by Crippen LogP contribution is 2.31. The summed E-state index contributed by atoms with van der Waals surface area (Å²) >= 11 is 0. The number of benzene rings is 2. The standard InChI is InChI=1S/C21H17N3O2/c25-21(19-13-14-7-4-5-12-18(14)26-19)22-20-16-10-6-11-17(16)23-24(20)15-8-2-1-3-9-15/h1-5,7-9,12-13H,6,10-11H2,(H,22,25). The summed E-state index contributed by atoms with van der Waals surface area (Å²) < 4.78 is 7.53. The van der Waals surface area contributed by atoms with Gasteiger partial charge in [0.05, 0.1) is 11.4 Å². The van der Waals surface area contributed by atoms with Crippen LogP contribution in [0.4, 0.5) is 5.82 Å². The number of furan rings is 1. The Labute approximate surface area is 150 Å². The van der Waals surface area contributed by atoms with Crippen LogP contribution in [0, 0.1) is 0 Å². The molecule has 1 aliphatic carbocycles. The van der Waals surface area contributed by atoms with E-state index in [2.05, 4.69) is 5.32 Å². The summed E-state index contributed by atoms with van der Waals surface area (Å²) in [5.74, 6) is 0.792. The van der Waals surface area contributed by atoms with Crippen LogP contribution < -0.4 is 5.32 Å². The van der Waals surface area contributed by atoms with E-state index in [0.717, 1.165) is 47.4 Å². The Kier molecular flexibility index (Phi) is 3.38. The molecule has 0 bridgehead atoms. The van der Waals surface area contributed by atoms with Gasteiger partial charge in [-0.2, -0.15) is 5.10 Å². The summed E-state index contributed by atoms with van der Waals surface area (Å²) in [5, 5.41) is 8.67. The number of nitrogens with zero attached hydrogens (tertiary/aromatic N) is 2. The molecule has 128 valence electrons. The van der Waals surface area contributed by atoms with E-state index in [4.69, 9.17) is 9.52 Å². The van der Waals surface area contributed by atoms with Gasteiger partial charge in [0.2, 0.25) is 0 Å². The molecule has 5 heteroatoms. The summed E-state index contributed by atoms with van der Waals surface area (Å²) in [6.45, 7) is 0. The predicted octanol–water partition coefficient (Wildman–Crippen LogP) is 4.36. The largest absolute Gasteiger partial charge is 0.451 e. The number of aromatic nitrogens is 2. The number of amides is 1. The molecule has 26 heavy (non-hydrogen) atoms. The highest BCUT2D eigenvalue weighted by atomic mass is 16.3. The van der Waals surface area contributed by atoms with Crippen LogP contribution in [-0.2, 0) is 12.8 Å². The monoisotopic (exact) mass is 343 g/mol. The van der Waals surface area contributed by atoms with Gasteiger partial charge in [0.25, 0.3) is 5.91 Å². The minimum atomic E-state index is -0.256. The van der Waals surface area contributed by atoms with Crippen LogP contribution in [0.3, 0.4) is 0 Å². The number of hydrogen-bond donors (Lipinski definition) is 1. The number of carbonyl (C=O) groups is 1. The van der Waals surface area contributed by atoms with E-state index in [-0.39, 0.29) is 5.91 Å². The summed E-state index contributed by atoms with van der Waals surface area (Å²) in [6.07, 6.45) is 2.95. The Morgan fingerprint density at radius 1 is 1.04 bits per heavy atom. The van der Waals surface area contributed by atoms with E-state index < -0.39 is 0 Å². The van der Waals surface area contributed by atoms with Crippen molar-refractivity contribution in [3.63, 3.8) is 0 Å². The van der Waals surface area contributed by atoms with E-state index in [0.29, 0.717) is 11.3 Å². The SMILES string of the molecule is O=C(Nc1c2c(nn1-c1ccccc1)CCC2)c1cc2ccccc2o1. The minimum absolute atomic E-state index is 0.256. The Morgan fingerprint density at radius 3 is 2.69 bits per heavy atom. The molecule has 0 aliphatic heterocycles. The molecular weight excluding hydrogens is 326 g/mol. The lowest BCUT2D eigenvalue weighted by Gasteiger charge is -2.10. The molecule has 2 heterocycles. The van der Waals surface area contributed by atoms with Crippen LogP contribution in [0.25, 0.3) is 16.7 Å². The molecule has 0 saturated heterocycles. The first-order valence-electron chi connectivity index (χ1n) is 8.76. The molecule has 0 atom stereocenters. The number of rotatable bonds is 3. The molecule has 1 amide bonds. The molecule has 4 aromatic rings. The molecular formula is C21H17N3O2. The summed E-state index contributed by atoms with van der Waals surface area (Å²) in [5.41, 5.74) is 3.83. The average Bonchev–Trinajstić information content (AvgIpc) is 3.37. The van der Waals surface area contributed by atoms with Gasteiger partial charge in [0, 0.05) is 10.9 Å². The normalized spacial score (nSPS) is 13.1. The van der Waals surface area contributed by atoms with Crippen LogP contribution in [0.2, 0.25) is 0 Å². The second kappa shape index (κ2) is 5.88. The molecule has 5 nitrogen and oxygen atoms in total. The van der Waals surface area contributed by atoms with Crippen molar-refractivity contribution in [3.05, 3.63) is 77.7 Å². The fourth-order valence-corrected chi connectivity index (χ4v) is 3.54. The van der Waals surface area contributed by atoms with Crippen molar-refractivity contribution in [1.82, 2.24) is 9.78 Å². The Hall–Kier alpha value is -3.34. The van der Waals surface area contributed by atoms with E-state index in [9.17, 15) is 4.79 Å². The Bertz CT molecular complexity index is 1080. The number of hydrogen-bond acceptors (Lipinski definition) is 3. The van der Waals surface area contributed by atoms with Gasteiger partial charge in [-0.25, -0.2) is 4.68 Å². The maximum atomic E-state index is 12.8. The molecule has 2 aromatic heterocycles. The minimum Gasteiger partial charge on any atom is -0.451 e. The summed E-state index contributed by atoms with van der Waals surface area (Å²) in [6, 6.07) is 19.3. The molecule has 0 saturated carbocycles. The summed E-state index contributed by atoms with van der Waals surface area (Å²) in [7, 11) is 0. The zero-order valence-corrected chi connectivity index (χ0v) is 14.1. The second-order valence-corrected chi connectivity index (χ2v) is 6.48. The van der Waals surface area contributed by atoms with Crippen LogP contribution in [-0.4, -0.2) is 15.7 Å². The topological polar surface area (TPSA) is 60.1 Å². The van der Waals surface area contributed by atoms with Gasteiger partial charge in [0.1, 0.15) is 11.4 Å². The molecule has 1 N–H and O–H groups in total. The van der Waals surface area contributed by atoms with Crippen LogP contribution >= 0.6 is 0 Å². The van der Waals surface area contributed by atoms with Crippen molar-refractivity contribution in [2.75, 3.05) is 5.32 Å². The van der Waals surface area contributed by atoms with Crippen molar-refractivity contribution in [2.45, 2.75) is 19.3 Å².